The molecule has 3 saturated heterocycles. The number of esters is 1. The third-order valence-corrected chi connectivity index (χ3v) is 9.09. The van der Waals surface area contributed by atoms with Gasteiger partial charge in [-0.1, -0.05) is 12.1 Å². The Bertz CT molecular complexity index is 1570. The molecule has 0 unspecified atom stereocenters. The van der Waals surface area contributed by atoms with Crippen molar-refractivity contribution in [2.75, 3.05) is 26.4 Å². The summed E-state index contributed by atoms with van der Waals surface area (Å²) in [5.74, 6) is -2.62. The maximum Gasteiger partial charge on any atom is 0.331 e. The number of aliphatic hydroxyl groups excluding tert-OH is 6. The van der Waals surface area contributed by atoms with Crippen LogP contribution in [-0.4, -0.2) is 168 Å². The molecule has 5 rings (SSSR count). The minimum absolute atomic E-state index is 0.136. The highest BCUT2D eigenvalue weighted by atomic mass is 16.8. The lowest BCUT2D eigenvalue weighted by atomic mass is 9.96. The SMILES string of the molecule is C[C@H]1O[C@H](O[C@@H]2[C@H](O)[C@H](OCCc3ccc(O)c(O)c3)O[C@H](CO[C@H]3OC[C@@](O)(CO)[C@H]3O)[C@H]2OC(=O)/C=C/c2ccc(O)c(O)c2)[C@@H](O)[C@@H](O)[C@H]1O. The molecular formula is C34H44O19. The Hall–Kier alpha value is -3.67. The van der Waals surface area contributed by atoms with Crippen LogP contribution in [0.3, 0.4) is 0 Å². The fourth-order valence-corrected chi connectivity index (χ4v) is 5.87. The summed E-state index contributed by atoms with van der Waals surface area (Å²) in [5, 5.41) is 112. The van der Waals surface area contributed by atoms with Crippen molar-refractivity contribution in [3.8, 4) is 23.0 Å². The molecule has 3 heterocycles. The van der Waals surface area contributed by atoms with Gasteiger partial charge in [0, 0.05) is 6.08 Å². The predicted octanol–water partition coefficient (Wildman–Crippen LogP) is -2.55. The van der Waals surface area contributed by atoms with Gasteiger partial charge < -0.3 is 89.3 Å². The van der Waals surface area contributed by atoms with Crippen molar-refractivity contribution in [1.82, 2.24) is 0 Å². The van der Waals surface area contributed by atoms with E-state index in [1.54, 1.807) is 0 Å². The molecule has 0 radical (unpaired) electrons. The molecule has 2 aromatic carbocycles. The van der Waals surface area contributed by atoms with E-state index in [1.165, 1.54) is 49.4 Å². The van der Waals surface area contributed by atoms with Gasteiger partial charge >= 0.3 is 5.97 Å². The summed E-state index contributed by atoms with van der Waals surface area (Å²) in [7, 11) is 0. The van der Waals surface area contributed by atoms with Crippen LogP contribution in [0.2, 0.25) is 0 Å². The van der Waals surface area contributed by atoms with Crippen molar-refractivity contribution in [3.05, 3.63) is 53.6 Å². The van der Waals surface area contributed by atoms with E-state index in [9.17, 15) is 61.0 Å². The van der Waals surface area contributed by atoms with Crippen molar-refractivity contribution in [2.24, 2.45) is 0 Å². The zero-order valence-corrected chi connectivity index (χ0v) is 28.3. The third-order valence-electron chi connectivity index (χ3n) is 9.09. The van der Waals surface area contributed by atoms with Crippen LogP contribution in [0.4, 0.5) is 0 Å². The molecule has 3 aliphatic heterocycles. The zero-order chi connectivity index (χ0) is 38.6. The summed E-state index contributed by atoms with van der Waals surface area (Å²) in [6.45, 7) is -0.718. The number of carbonyl (C=O) groups is 1. The number of hydrogen-bond donors (Lipinski definition) is 11. The Kier molecular flexibility index (Phi) is 13.2. The van der Waals surface area contributed by atoms with Crippen molar-refractivity contribution in [3.63, 3.8) is 0 Å². The monoisotopic (exact) mass is 756 g/mol. The van der Waals surface area contributed by atoms with Crippen LogP contribution in [0.1, 0.15) is 18.1 Å². The standard InChI is InChI=1S/C34H44O19/c1-15-24(41)25(42)26(43)32(50-15)53-29-27(44)31(47-9-8-17-3-6-19(37)21(39)11-17)51-22(12-48-33-30(45)34(46,13-35)14-49-33)28(29)52-23(40)7-4-16-2-5-18(36)20(38)10-16/h2-7,10-11,15,22,24-33,35-39,41-46H,8-9,12-14H2,1H3/b7-4+/t15-,22-,24+,25+,26+,27+,28-,29-,30+,31-,32-,33+,34+/m1/s1. The molecule has 0 saturated carbocycles. The van der Waals surface area contributed by atoms with Crippen LogP contribution in [0.15, 0.2) is 42.5 Å². The highest BCUT2D eigenvalue weighted by Crippen LogP contribution is 2.34. The van der Waals surface area contributed by atoms with Crippen LogP contribution < -0.4 is 0 Å². The van der Waals surface area contributed by atoms with Gasteiger partial charge in [-0.3, -0.25) is 0 Å². The van der Waals surface area contributed by atoms with Gasteiger partial charge in [0.15, 0.2) is 48.0 Å². The van der Waals surface area contributed by atoms with Crippen molar-refractivity contribution < 1.29 is 94.1 Å². The van der Waals surface area contributed by atoms with Crippen LogP contribution in [0.25, 0.3) is 6.08 Å². The first-order chi connectivity index (χ1) is 25.1. The quantitative estimate of drug-likeness (QED) is 0.0569. The molecule has 0 aromatic heterocycles. The van der Waals surface area contributed by atoms with E-state index in [0.717, 1.165) is 6.08 Å². The van der Waals surface area contributed by atoms with Crippen molar-refractivity contribution in [2.45, 2.75) is 92.8 Å². The van der Waals surface area contributed by atoms with Crippen LogP contribution in [0, 0.1) is 0 Å². The molecule has 0 amide bonds. The number of rotatable bonds is 13. The predicted molar refractivity (Wildman–Crippen MR) is 174 cm³/mol. The topological polar surface area (TPSA) is 304 Å². The average molecular weight is 757 g/mol. The number of phenols is 4. The maximum absolute atomic E-state index is 13.2. The van der Waals surface area contributed by atoms with E-state index in [-0.39, 0.29) is 30.1 Å². The van der Waals surface area contributed by atoms with Gasteiger partial charge in [0.05, 0.1) is 32.5 Å². The third kappa shape index (κ3) is 9.35. The van der Waals surface area contributed by atoms with Gasteiger partial charge in [0.25, 0.3) is 0 Å². The molecule has 3 aliphatic rings. The first-order valence-corrected chi connectivity index (χ1v) is 16.6. The second-order valence-electron chi connectivity index (χ2n) is 13.0. The summed E-state index contributed by atoms with van der Waals surface area (Å²) in [4.78, 5) is 13.2. The van der Waals surface area contributed by atoms with Crippen molar-refractivity contribution in [1.29, 1.82) is 0 Å². The molecule has 0 aliphatic carbocycles. The Labute approximate surface area is 302 Å². The van der Waals surface area contributed by atoms with E-state index in [1.807, 2.05) is 0 Å². The number of carbonyl (C=O) groups excluding carboxylic acids is 1. The van der Waals surface area contributed by atoms with Gasteiger partial charge in [-0.25, -0.2) is 4.79 Å². The minimum atomic E-state index is -2.05. The Balaban J connectivity index is 1.42. The second kappa shape index (κ2) is 17.2. The average Bonchev–Trinajstić information content (AvgIpc) is 3.42. The van der Waals surface area contributed by atoms with Crippen LogP contribution in [0.5, 0.6) is 23.0 Å². The molecular weight excluding hydrogens is 712 g/mol. The molecule has 13 atom stereocenters. The largest absolute Gasteiger partial charge is 0.504 e. The van der Waals surface area contributed by atoms with E-state index < -0.39 is 117 Å². The molecule has 294 valence electrons. The second-order valence-corrected chi connectivity index (χ2v) is 13.0. The highest BCUT2D eigenvalue weighted by molar-refractivity contribution is 5.87. The lowest BCUT2D eigenvalue weighted by Gasteiger charge is -2.46. The number of ether oxygens (including phenoxy) is 7. The number of phenolic OH excluding ortho intramolecular Hbond substituents is 4. The smallest absolute Gasteiger partial charge is 0.331 e. The van der Waals surface area contributed by atoms with Crippen LogP contribution in [-0.2, 0) is 44.4 Å². The fraction of sp³-hybridized carbons (Fsp3) is 0.559. The zero-order valence-electron chi connectivity index (χ0n) is 28.3. The molecule has 0 spiro atoms. The molecule has 2 aromatic rings. The molecule has 19 heteroatoms. The molecule has 53 heavy (non-hydrogen) atoms. The Morgan fingerprint density at radius 2 is 1.53 bits per heavy atom. The van der Waals surface area contributed by atoms with Gasteiger partial charge in [0.2, 0.25) is 0 Å². The lowest BCUT2D eigenvalue weighted by molar-refractivity contribution is -0.360. The minimum Gasteiger partial charge on any atom is -0.504 e. The van der Waals surface area contributed by atoms with E-state index in [4.69, 9.17) is 33.2 Å². The van der Waals surface area contributed by atoms with Gasteiger partial charge in [0.1, 0.15) is 48.3 Å². The summed E-state index contributed by atoms with van der Waals surface area (Å²) in [5.41, 5.74) is -1.24. The summed E-state index contributed by atoms with van der Waals surface area (Å²) < 4.78 is 40.0. The summed E-state index contributed by atoms with van der Waals surface area (Å²) in [6.07, 6.45) is -17.0. The van der Waals surface area contributed by atoms with Gasteiger partial charge in [-0.15, -0.1) is 0 Å². The van der Waals surface area contributed by atoms with E-state index >= 15 is 0 Å². The van der Waals surface area contributed by atoms with Crippen molar-refractivity contribution >= 4 is 12.0 Å². The fourth-order valence-electron chi connectivity index (χ4n) is 5.87. The lowest BCUT2D eigenvalue weighted by Crippen LogP contribution is -2.65. The van der Waals surface area contributed by atoms with E-state index in [0.29, 0.717) is 5.56 Å². The Morgan fingerprint density at radius 3 is 2.19 bits per heavy atom. The number of aliphatic hydroxyl groups is 7. The molecule has 0 bridgehead atoms. The molecule has 11 N–H and O–H groups in total. The van der Waals surface area contributed by atoms with Gasteiger partial charge in [-0.05, 0) is 54.8 Å². The first kappa shape index (κ1) is 40.5. The number of benzene rings is 2. The van der Waals surface area contributed by atoms with E-state index in [2.05, 4.69) is 0 Å². The first-order valence-electron chi connectivity index (χ1n) is 16.6. The Morgan fingerprint density at radius 1 is 0.830 bits per heavy atom. The van der Waals surface area contributed by atoms with Crippen LogP contribution >= 0.6 is 0 Å². The summed E-state index contributed by atoms with van der Waals surface area (Å²) >= 11 is 0. The number of hydrogen-bond acceptors (Lipinski definition) is 19. The molecule has 19 nitrogen and oxygen atoms in total. The maximum atomic E-state index is 13.2. The van der Waals surface area contributed by atoms with Gasteiger partial charge in [-0.2, -0.15) is 0 Å². The number of aromatic hydroxyl groups is 4. The highest BCUT2D eigenvalue weighted by Gasteiger charge is 2.54. The normalized spacial score (nSPS) is 36.2. The summed E-state index contributed by atoms with van der Waals surface area (Å²) in [6, 6.07) is 7.83. The molecule has 3 fully saturated rings.